The summed E-state index contributed by atoms with van der Waals surface area (Å²) < 4.78 is 11.0. The van der Waals surface area contributed by atoms with E-state index in [2.05, 4.69) is 10.6 Å². The van der Waals surface area contributed by atoms with Gasteiger partial charge >= 0.3 is 12.0 Å². The standard InChI is InChI=1S/C19H20N2O5/c22-18(23)15-4-1-14(2-5-15)12-21-19(24)20-8-7-13-3-6-16-17(11-13)26-10-9-25-16/h1-6,11H,7-10,12H2,(H,22,23)(H2,20,21,24). The van der Waals surface area contributed by atoms with E-state index >= 15 is 0 Å². The van der Waals surface area contributed by atoms with Crippen LogP contribution in [0.3, 0.4) is 0 Å². The molecule has 0 atom stereocenters. The molecule has 1 aliphatic rings. The van der Waals surface area contributed by atoms with Crippen molar-refractivity contribution in [2.24, 2.45) is 0 Å². The zero-order valence-corrected chi connectivity index (χ0v) is 14.2. The van der Waals surface area contributed by atoms with Gasteiger partial charge in [0, 0.05) is 13.1 Å². The number of carboxylic acids is 1. The van der Waals surface area contributed by atoms with Crippen molar-refractivity contribution in [3.8, 4) is 11.5 Å². The molecule has 2 aromatic carbocycles. The van der Waals surface area contributed by atoms with Crippen LogP contribution in [0.15, 0.2) is 42.5 Å². The molecule has 0 bridgehead atoms. The number of hydrogen-bond donors (Lipinski definition) is 3. The minimum absolute atomic E-state index is 0.220. The van der Waals surface area contributed by atoms with Gasteiger partial charge in [0.25, 0.3) is 0 Å². The lowest BCUT2D eigenvalue weighted by Crippen LogP contribution is -2.36. The van der Waals surface area contributed by atoms with Gasteiger partial charge in [-0.25, -0.2) is 9.59 Å². The minimum atomic E-state index is -0.971. The Bertz CT molecular complexity index is 789. The van der Waals surface area contributed by atoms with Crippen LogP contribution in [0.1, 0.15) is 21.5 Å². The number of hydrogen-bond acceptors (Lipinski definition) is 4. The molecule has 0 fully saturated rings. The average Bonchev–Trinajstić information content (AvgIpc) is 2.66. The number of urea groups is 1. The minimum Gasteiger partial charge on any atom is -0.486 e. The van der Waals surface area contributed by atoms with E-state index in [1.807, 2.05) is 18.2 Å². The van der Waals surface area contributed by atoms with Crippen LogP contribution in [0, 0.1) is 0 Å². The monoisotopic (exact) mass is 356 g/mol. The van der Waals surface area contributed by atoms with E-state index in [4.69, 9.17) is 14.6 Å². The Morgan fingerprint density at radius 2 is 1.62 bits per heavy atom. The lowest BCUT2D eigenvalue weighted by Gasteiger charge is -2.18. The predicted molar refractivity (Wildman–Crippen MR) is 94.8 cm³/mol. The normalized spacial score (nSPS) is 12.3. The van der Waals surface area contributed by atoms with Gasteiger partial charge in [0.05, 0.1) is 5.56 Å². The van der Waals surface area contributed by atoms with Gasteiger partial charge in [-0.1, -0.05) is 18.2 Å². The third kappa shape index (κ3) is 4.66. The highest BCUT2D eigenvalue weighted by Crippen LogP contribution is 2.30. The fraction of sp³-hybridized carbons (Fsp3) is 0.263. The number of carboxylic acid groups (broad SMARTS) is 1. The fourth-order valence-electron chi connectivity index (χ4n) is 2.57. The van der Waals surface area contributed by atoms with E-state index in [0.717, 1.165) is 22.6 Å². The largest absolute Gasteiger partial charge is 0.486 e. The molecule has 3 N–H and O–H groups in total. The number of rotatable bonds is 6. The molecule has 2 amide bonds. The van der Waals surface area contributed by atoms with Gasteiger partial charge in [0.1, 0.15) is 13.2 Å². The molecule has 26 heavy (non-hydrogen) atoms. The number of benzene rings is 2. The molecule has 0 unspecified atom stereocenters. The quantitative estimate of drug-likeness (QED) is 0.737. The summed E-state index contributed by atoms with van der Waals surface area (Å²) in [6.07, 6.45) is 0.678. The van der Waals surface area contributed by atoms with Crippen LogP contribution in [0.25, 0.3) is 0 Å². The maximum atomic E-state index is 11.9. The number of carbonyl (C=O) groups is 2. The highest BCUT2D eigenvalue weighted by Gasteiger charge is 2.11. The molecule has 136 valence electrons. The van der Waals surface area contributed by atoms with Crippen molar-refractivity contribution < 1.29 is 24.2 Å². The summed E-state index contributed by atoms with van der Waals surface area (Å²) in [5.41, 5.74) is 2.11. The molecule has 0 aromatic heterocycles. The molecule has 0 spiro atoms. The van der Waals surface area contributed by atoms with Crippen molar-refractivity contribution in [2.45, 2.75) is 13.0 Å². The van der Waals surface area contributed by atoms with Crippen molar-refractivity contribution in [1.82, 2.24) is 10.6 Å². The lowest BCUT2D eigenvalue weighted by molar-refractivity contribution is 0.0697. The molecule has 1 aliphatic heterocycles. The van der Waals surface area contributed by atoms with Crippen molar-refractivity contribution in [2.75, 3.05) is 19.8 Å². The maximum Gasteiger partial charge on any atom is 0.335 e. The second kappa shape index (κ2) is 8.24. The van der Waals surface area contributed by atoms with Crippen LogP contribution < -0.4 is 20.1 Å². The number of aromatic carboxylic acids is 1. The summed E-state index contributed by atoms with van der Waals surface area (Å²) in [5.74, 6) is 0.518. The van der Waals surface area contributed by atoms with Crippen LogP contribution in [0.4, 0.5) is 4.79 Å². The van der Waals surface area contributed by atoms with Gasteiger partial charge in [-0.2, -0.15) is 0 Å². The Labute approximate surface area is 150 Å². The molecule has 0 aliphatic carbocycles. The number of amides is 2. The molecule has 0 radical (unpaired) electrons. The Morgan fingerprint density at radius 3 is 2.35 bits per heavy atom. The van der Waals surface area contributed by atoms with E-state index < -0.39 is 5.97 Å². The summed E-state index contributed by atoms with van der Waals surface area (Å²) in [7, 11) is 0. The van der Waals surface area contributed by atoms with Crippen LogP contribution in [-0.2, 0) is 13.0 Å². The molecule has 0 saturated carbocycles. The second-order valence-electron chi connectivity index (χ2n) is 5.84. The van der Waals surface area contributed by atoms with Crippen LogP contribution in [0.2, 0.25) is 0 Å². The lowest BCUT2D eigenvalue weighted by atomic mass is 10.1. The molecule has 3 rings (SSSR count). The van der Waals surface area contributed by atoms with Crippen LogP contribution >= 0.6 is 0 Å². The zero-order chi connectivity index (χ0) is 18.4. The Morgan fingerprint density at radius 1 is 0.923 bits per heavy atom. The smallest absolute Gasteiger partial charge is 0.335 e. The molecule has 7 heteroatoms. The van der Waals surface area contributed by atoms with Crippen LogP contribution in [0.5, 0.6) is 11.5 Å². The van der Waals surface area contributed by atoms with E-state index in [9.17, 15) is 9.59 Å². The molecular formula is C19H20N2O5. The van der Waals surface area contributed by atoms with Crippen molar-refractivity contribution >= 4 is 12.0 Å². The molecule has 1 heterocycles. The number of fused-ring (bicyclic) bond motifs is 1. The first-order chi connectivity index (χ1) is 12.6. The summed E-state index contributed by atoms with van der Waals surface area (Å²) in [6.45, 7) is 1.93. The maximum absolute atomic E-state index is 11.9. The van der Waals surface area contributed by atoms with E-state index in [1.165, 1.54) is 12.1 Å². The molecule has 0 saturated heterocycles. The van der Waals surface area contributed by atoms with Gasteiger partial charge in [0.2, 0.25) is 0 Å². The van der Waals surface area contributed by atoms with Crippen LogP contribution in [-0.4, -0.2) is 36.9 Å². The molecular weight excluding hydrogens is 336 g/mol. The summed E-state index contributed by atoms with van der Waals surface area (Å²) >= 11 is 0. The van der Waals surface area contributed by atoms with Crippen molar-refractivity contribution in [3.05, 3.63) is 59.2 Å². The number of nitrogens with one attached hydrogen (secondary N) is 2. The van der Waals surface area contributed by atoms with Crippen molar-refractivity contribution in [1.29, 1.82) is 0 Å². The third-order valence-corrected chi connectivity index (χ3v) is 3.96. The summed E-state index contributed by atoms with van der Waals surface area (Å²) in [5, 5.41) is 14.4. The highest BCUT2D eigenvalue weighted by molar-refractivity contribution is 5.87. The average molecular weight is 356 g/mol. The van der Waals surface area contributed by atoms with Gasteiger partial charge in [-0.15, -0.1) is 0 Å². The number of carbonyl (C=O) groups excluding carboxylic acids is 1. The van der Waals surface area contributed by atoms with Gasteiger partial charge in [0.15, 0.2) is 11.5 Å². The van der Waals surface area contributed by atoms with Gasteiger partial charge < -0.3 is 25.2 Å². The Balaban J connectivity index is 1.41. The SMILES string of the molecule is O=C(NCCc1ccc2c(c1)OCCO2)NCc1ccc(C(=O)O)cc1. The molecule has 7 nitrogen and oxygen atoms in total. The Hall–Kier alpha value is -3.22. The van der Waals surface area contributed by atoms with E-state index in [1.54, 1.807) is 12.1 Å². The summed E-state index contributed by atoms with van der Waals surface area (Å²) in [4.78, 5) is 22.7. The first-order valence-corrected chi connectivity index (χ1v) is 8.34. The Kier molecular flexibility index (Phi) is 5.58. The van der Waals surface area contributed by atoms with E-state index in [0.29, 0.717) is 32.7 Å². The van der Waals surface area contributed by atoms with Crippen molar-refractivity contribution in [3.63, 3.8) is 0 Å². The predicted octanol–water partition coefficient (Wildman–Crippen LogP) is 2.20. The second-order valence-corrected chi connectivity index (χ2v) is 5.84. The molecule has 2 aromatic rings. The van der Waals surface area contributed by atoms with Gasteiger partial charge in [-0.05, 0) is 41.8 Å². The first kappa shape index (κ1) is 17.6. The zero-order valence-electron chi connectivity index (χ0n) is 14.2. The number of ether oxygens (including phenoxy) is 2. The third-order valence-electron chi connectivity index (χ3n) is 3.96. The highest BCUT2D eigenvalue weighted by atomic mass is 16.6. The first-order valence-electron chi connectivity index (χ1n) is 8.34. The van der Waals surface area contributed by atoms with E-state index in [-0.39, 0.29) is 11.6 Å². The fourth-order valence-corrected chi connectivity index (χ4v) is 2.57. The van der Waals surface area contributed by atoms with Gasteiger partial charge in [-0.3, -0.25) is 0 Å². The summed E-state index contributed by atoms with van der Waals surface area (Å²) in [6, 6.07) is 11.9. The topological polar surface area (TPSA) is 96.9 Å².